The van der Waals surface area contributed by atoms with Crippen molar-refractivity contribution in [2.24, 2.45) is 0 Å². The molecule has 0 spiro atoms. The van der Waals surface area contributed by atoms with Crippen LogP contribution in [0.5, 0.6) is 5.75 Å². The van der Waals surface area contributed by atoms with Gasteiger partial charge in [-0.3, -0.25) is 4.79 Å². The van der Waals surface area contributed by atoms with E-state index in [1.165, 1.54) is 0 Å². The van der Waals surface area contributed by atoms with Crippen molar-refractivity contribution in [1.29, 1.82) is 0 Å². The van der Waals surface area contributed by atoms with Crippen molar-refractivity contribution in [3.63, 3.8) is 0 Å². The highest BCUT2D eigenvalue weighted by molar-refractivity contribution is 7.80. The van der Waals surface area contributed by atoms with Crippen LogP contribution in [0.1, 0.15) is 32.6 Å². The van der Waals surface area contributed by atoms with Crippen LogP contribution in [-0.4, -0.2) is 18.1 Å². The first-order chi connectivity index (χ1) is 9.17. The van der Waals surface area contributed by atoms with Crippen molar-refractivity contribution < 1.29 is 9.53 Å². The second kappa shape index (κ2) is 8.48. The number of nitrogens with one attached hydrogen (secondary N) is 2. The van der Waals surface area contributed by atoms with E-state index in [1.807, 2.05) is 24.3 Å². The van der Waals surface area contributed by atoms with Gasteiger partial charge in [0.2, 0.25) is 5.91 Å². The Bertz CT molecular complexity index is 435. The number of unbranched alkanes of at least 4 members (excludes halogenated alkanes) is 2. The molecule has 0 aromatic heterocycles. The molecule has 0 aliphatic rings. The number of ether oxygens (including phenoxy) is 1. The maximum absolute atomic E-state index is 11.6. The first-order valence-corrected chi connectivity index (χ1v) is 6.82. The summed E-state index contributed by atoms with van der Waals surface area (Å²) in [6, 6.07) is 7.41. The number of carbonyl (C=O) groups excluding carboxylic acids is 1. The van der Waals surface area contributed by atoms with E-state index in [9.17, 15) is 4.79 Å². The Hall–Kier alpha value is -1.62. The predicted molar refractivity (Wildman–Crippen MR) is 81.5 cm³/mol. The van der Waals surface area contributed by atoms with E-state index >= 15 is 0 Å². The van der Waals surface area contributed by atoms with Crippen LogP contribution in [0.2, 0.25) is 0 Å². The minimum Gasteiger partial charge on any atom is -0.495 e. The maximum atomic E-state index is 11.6. The monoisotopic (exact) mass is 280 g/mol. The highest BCUT2D eigenvalue weighted by Gasteiger charge is 2.07. The molecular formula is C14H20N2O2S. The van der Waals surface area contributed by atoms with Crippen molar-refractivity contribution in [3.05, 3.63) is 24.3 Å². The number of para-hydroxylation sites is 2. The highest BCUT2D eigenvalue weighted by atomic mass is 32.1. The van der Waals surface area contributed by atoms with Crippen LogP contribution in [0.15, 0.2) is 24.3 Å². The topological polar surface area (TPSA) is 50.4 Å². The van der Waals surface area contributed by atoms with Gasteiger partial charge in [0.25, 0.3) is 0 Å². The van der Waals surface area contributed by atoms with Crippen LogP contribution in [0, 0.1) is 0 Å². The predicted octanol–water partition coefficient (Wildman–Crippen LogP) is 3.09. The molecule has 2 N–H and O–H groups in total. The summed E-state index contributed by atoms with van der Waals surface area (Å²) in [5.74, 6) is 0.630. The van der Waals surface area contributed by atoms with Gasteiger partial charge in [-0.15, -0.1) is 0 Å². The molecule has 104 valence electrons. The third-order valence-corrected chi connectivity index (χ3v) is 2.82. The minimum atomic E-state index is -0.0548. The summed E-state index contributed by atoms with van der Waals surface area (Å²) in [5.41, 5.74) is 0.740. The van der Waals surface area contributed by atoms with Gasteiger partial charge in [0.05, 0.1) is 12.8 Å². The van der Waals surface area contributed by atoms with Crippen molar-refractivity contribution in [3.8, 4) is 5.75 Å². The molecule has 0 bridgehead atoms. The second-order valence-corrected chi connectivity index (χ2v) is 4.57. The van der Waals surface area contributed by atoms with Gasteiger partial charge >= 0.3 is 0 Å². The molecule has 0 saturated heterocycles. The van der Waals surface area contributed by atoms with Gasteiger partial charge in [0, 0.05) is 6.42 Å². The summed E-state index contributed by atoms with van der Waals surface area (Å²) < 4.78 is 5.20. The number of rotatable bonds is 6. The maximum Gasteiger partial charge on any atom is 0.226 e. The third-order valence-electron chi connectivity index (χ3n) is 2.62. The fraction of sp³-hybridized carbons (Fsp3) is 0.429. The Labute approximate surface area is 119 Å². The summed E-state index contributed by atoms with van der Waals surface area (Å²) >= 11 is 5.10. The lowest BCUT2D eigenvalue weighted by atomic mass is 10.2. The first kappa shape index (κ1) is 15.4. The molecular weight excluding hydrogens is 260 g/mol. The molecule has 0 radical (unpaired) electrons. The summed E-state index contributed by atoms with van der Waals surface area (Å²) in [5, 5.41) is 5.92. The molecule has 1 aromatic rings. The highest BCUT2D eigenvalue weighted by Crippen LogP contribution is 2.22. The average Bonchev–Trinajstić information content (AvgIpc) is 2.39. The molecule has 0 fully saturated rings. The largest absolute Gasteiger partial charge is 0.495 e. The molecule has 4 nitrogen and oxygen atoms in total. The molecule has 0 unspecified atom stereocenters. The Morgan fingerprint density at radius 3 is 2.74 bits per heavy atom. The molecule has 5 heteroatoms. The number of methoxy groups -OCH3 is 1. The summed E-state index contributed by atoms with van der Waals surface area (Å²) in [6.45, 7) is 2.10. The molecule has 0 aliphatic heterocycles. The van der Waals surface area contributed by atoms with E-state index in [4.69, 9.17) is 17.0 Å². The van der Waals surface area contributed by atoms with Gasteiger partial charge in [-0.05, 0) is 30.8 Å². The van der Waals surface area contributed by atoms with Crippen molar-refractivity contribution in [1.82, 2.24) is 5.32 Å². The molecule has 0 aliphatic carbocycles. The zero-order valence-corrected chi connectivity index (χ0v) is 12.2. The van der Waals surface area contributed by atoms with Gasteiger partial charge < -0.3 is 15.4 Å². The van der Waals surface area contributed by atoms with E-state index in [0.29, 0.717) is 17.3 Å². The average molecular weight is 280 g/mol. The van der Waals surface area contributed by atoms with Gasteiger partial charge in [-0.1, -0.05) is 31.9 Å². The van der Waals surface area contributed by atoms with E-state index in [1.54, 1.807) is 7.11 Å². The van der Waals surface area contributed by atoms with Gasteiger partial charge in [0.15, 0.2) is 5.11 Å². The van der Waals surface area contributed by atoms with E-state index < -0.39 is 0 Å². The van der Waals surface area contributed by atoms with Gasteiger partial charge in [0.1, 0.15) is 5.75 Å². The normalized spacial score (nSPS) is 9.79. The number of thiocarbonyl (C=S) groups is 1. The molecule has 1 rings (SSSR count). The fourth-order valence-corrected chi connectivity index (χ4v) is 1.85. The number of hydrogen-bond donors (Lipinski definition) is 2. The second-order valence-electron chi connectivity index (χ2n) is 4.16. The van der Waals surface area contributed by atoms with Gasteiger partial charge in [-0.25, -0.2) is 0 Å². The summed E-state index contributed by atoms with van der Waals surface area (Å²) in [7, 11) is 1.59. The lowest BCUT2D eigenvalue weighted by Crippen LogP contribution is -2.34. The Morgan fingerprint density at radius 2 is 2.05 bits per heavy atom. The number of benzene rings is 1. The van der Waals surface area contributed by atoms with Crippen LogP contribution in [0.25, 0.3) is 0 Å². The Morgan fingerprint density at radius 1 is 1.32 bits per heavy atom. The smallest absolute Gasteiger partial charge is 0.226 e. The van der Waals surface area contributed by atoms with Crippen LogP contribution in [-0.2, 0) is 4.79 Å². The van der Waals surface area contributed by atoms with E-state index in [0.717, 1.165) is 24.9 Å². The SMILES string of the molecule is CCCCCC(=O)NC(=S)Nc1ccccc1OC. The standard InChI is InChI=1S/C14H20N2O2S/c1-3-4-5-10-13(17)16-14(19)15-11-8-6-7-9-12(11)18-2/h6-9H,3-5,10H2,1-2H3,(H2,15,16,17,19). The van der Waals surface area contributed by atoms with Crippen LogP contribution < -0.4 is 15.4 Å². The lowest BCUT2D eigenvalue weighted by Gasteiger charge is -2.12. The molecule has 1 amide bonds. The molecule has 19 heavy (non-hydrogen) atoms. The minimum absolute atomic E-state index is 0.0548. The molecule has 0 saturated carbocycles. The molecule has 1 aromatic carbocycles. The van der Waals surface area contributed by atoms with Crippen molar-refractivity contribution in [2.75, 3.05) is 12.4 Å². The number of hydrogen-bond acceptors (Lipinski definition) is 3. The van der Waals surface area contributed by atoms with Gasteiger partial charge in [-0.2, -0.15) is 0 Å². The fourth-order valence-electron chi connectivity index (χ4n) is 1.63. The van der Waals surface area contributed by atoms with E-state index in [-0.39, 0.29) is 5.91 Å². The Balaban J connectivity index is 2.44. The summed E-state index contributed by atoms with van der Waals surface area (Å²) in [6.07, 6.45) is 3.54. The first-order valence-electron chi connectivity index (χ1n) is 6.41. The van der Waals surface area contributed by atoms with Crippen LogP contribution >= 0.6 is 12.2 Å². The van der Waals surface area contributed by atoms with Crippen molar-refractivity contribution >= 4 is 28.9 Å². The third kappa shape index (κ3) is 5.70. The molecule has 0 atom stereocenters. The zero-order chi connectivity index (χ0) is 14.1. The zero-order valence-electron chi connectivity index (χ0n) is 11.4. The lowest BCUT2D eigenvalue weighted by molar-refractivity contribution is -0.119. The number of amides is 1. The summed E-state index contributed by atoms with van der Waals surface area (Å²) in [4.78, 5) is 11.6. The van der Waals surface area contributed by atoms with Crippen molar-refractivity contribution in [2.45, 2.75) is 32.6 Å². The Kier molecular flexibility index (Phi) is 6.89. The molecule has 0 heterocycles. The van der Waals surface area contributed by atoms with Crippen LogP contribution in [0.4, 0.5) is 5.69 Å². The number of carbonyl (C=O) groups is 1. The van der Waals surface area contributed by atoms with E-state index in [2.05, 4.69) is 17.6 Å². The quantitative estimate of drug-likeness (QED) is 0.621. The number of anilines is 1. The van der Waals surface area contributed by atoms with Crippen LogP contribution in [0.3, 0.4) is 0 Å².